The Bertz CT molecular complexity index is 396. The Morgan fingerprint density at radius 3 is 2.75 bits per heavy atom. The molecular weight excluding hydrogens is 201 g/mol. The molecule has 2 aromatic rings. The monoisotopic (exact) mass is 208 g/mol. The van der Waals surface area contributed by atoms with Gasteiger partial charge in [0, 0.05) is 23.8 Å². The van der Waals surface area contributed by atoms with Crippen molar-refractivity contribution < 1.29 is 16.8 Å². The van der Waals surface area contributed by atoms with Gasteiger partial charge in [0.15, 0.2) is 11.5 Å². The Balaban J connectivity index is 0.000000720. The third-order valence-corrected chi connectivity index (χ3v) is 1.53. The van der Waals surface area contributed by atoms with Crippen LogP contribution in [0.4, 0.5) is 5.82 Å². The zero-order valence-electron chi connectivity index (χ0n) is 6.35. The molecule has 0 spiro atoms. The minimum Gasteiger partial charge on any atom is -0.382 e. The van der Waals surface area contributed by atoms with E-state index in [-0.39, 0.29) is 16.8 Å². The quantitative estimate of drug-likeness (QED) is 0.658. The van der Waals surface area contributed by atoms with Crippen molar-refractivity contribution in [1.29, 1.82) is 0 Å². The smallest absolute Gasteiger partial charge is 0.165 e. The average molecular weight is 208 g/mol. The number of hydrogen-bond acceptors (Lipinski definition) is 4. The number of rotatable bonds is 0. The van der Waals surface area contributed by atoms with Gasteiger partial charge in [0.25, 0.3) is 0 Å². The maximum absolute atomic E-state index is 5.54. The minimum absolute atomic E-state index is 0. The summed E-state index contributed by atoms with van der Waals surface area (Å²) in [6, 6.07) is 0. The number of anilines is 1. The average Bonchev–Trinajstić information content (AvgIpc) is 2.35. The molecule has 0 fully saturated rings. The van der Waals surface area contributed by atoms with Crippen LogP contribution in [0.2, 0.25) is 0 Å². The largest absolute Gasteiger partial charge is 0.382 e. The molecule has 0 aliphatic rings. The van der Waals surface area contributed by atoms with Gasteiger partial charge in [0.2, 0.25) is 0 Å². The van der Waals surface area contributed by atoms with Crippen LogP contribution in [0.15, 0.2) is 12.7 Å². The molecule has 0 aliphatic heterocycles. The van der Waals surface area contributed by atoms with Gasteiger partial charge < -0.3 is 10.3 Å². The Labute approximate surface area is 79.2 Å². The number of hydrogen-bond donors (Lipinski definition) is 1. The molecule has 0 aromatic carbocycles. The molecule has 12 heavy (non-hydrogen) atoms. The normalized spacial score (nSPS) is 9.75. The van der Waals surface area contributed by atoms with E-state index < -0.39 is 0 Å². The van der Waals surface area contributed by atoms with E-state index >= 15 is 0 Å². The molecule has 0 saturated carbocycles. The van der Waals surface area contributed by atoms with Gasteiger partial charge in [-0.3, -0.25) is 0 Å². The third kappa shape index (κ3) is 1.14. The van der Waals surface area contributed by atoms with Gasteiger partial charge in [-0.1, -0.05) is 0 Å². The second-order valence-corrected chi connectivity index (χ2v) is 2.29. The second-order valence-electron chi connectivity index (χ2n) is 2.29. The van der Waals surface area contributed by atoms with E-state index in [0.29, 0.717) is 11.3 Å². The van der Waals surface area contributed by atoms with Gasteiger partial charge in [0.05, 0.1) is 6.33 Å². The molecule has 6 heteroatoms. The second kappa shape index (κ2) is 3.07. The van der Waals surface area contributed by atoms with E-state index in [1.54, 1.807) is 10.9 Å². The van der Waals surface area contributed by atoms with Crippen molar-refractivity contribution in [3.05, 3.63) is 12.7 Å². The molecule has 2 heterocycles. The molecule has 0 unspecified atom stereocenters. The van der Waals surface area contributed by atoms with Crippen molar-refractivity contribution in [2.45, 2.75) is 0 Å². The van der Waals surface area contributed by atoms with E-state index in [1.165, 1.54) is 6.33 Å². The summed E-state index contributed by atoms with van der Waals surface area (Å²) >= 11 is 0. The van der Waals surface area contributed by atoms with Crippen molar-refractivity contribution in [1.82, 2.24) is 19.5 Å². The maximum Gasteiger partial charge on any atom is 0.165 e. The molecule has 0 amide bonds. The first-order valence-electron chi connectivity index (χ1n) is 3.16. The van der Waals surface area contributed by atoms with Gasteiger partial charge in [-0.25, -0.2) is 15.0 Å². The predicted octanol–water partition coefficient (Wildman–Crippen LogP) is -0.0570. The predicted molar refractivity (Wildman–Crippen MR) is 40.7 cm³/mol. The molecule has 1 radical (unpaired) electrons. The fraction of sp³-hybridized carbons (Fsp3) is 0.167. The first-order chi connectivity index (χ1) is 5.29. The summed E-state index contributed by atoms with van der Waals surface area (Å²) in [5.74, 6) is 0.426. The minimum atomic E-state index is 0. The van der Waals surface area contributed by atoms with Crippen molar-refractivity contribution >= 4 is 17.0 Å². The molecular formula is C6H7CoN5. The van der Waals surface area contributed by atoms with E-state index in [0.717, 1.165) is 5.65 Å². The van der Waals surface area contributed by atoms with E-state index in [1.807, 2.05) is 7.05 Å². The summed E-state index contributed by atoms with van der Waals surface area (Å²) in [6.07, 6.45) is 3.09. The number of fused-ring (bicyclic) bond motifs is 1. The van der Waals surface area contributed by atoms with Gasteiger partial charge in [0.1, 0.15) is 11.8 Å². The summed E-state index contributed by atoms with van der Waals surface area (Å²) in [7, 11) is 1.86. The van der Waals surface area contributed by atoms with Crippen LogP contribution in [-0.4, -0.2) is 19.5 Å². The van der Waals surface area contributed by atoms with E-state index in [4.69, 9.17) is 5.73 Å². The molecule has 0 aliphatic carbocycles. The fourth-order valence-corrected chi connectivity index (χ4v) is 0.964. The maximum atomic E-state index is 5.54. The van der Waals surface area contributed by atoms with Crippen LogP contribution in [-0.2, 0) is 23.8 Å². The van der Waals surface area contributed by atoms with Crippen molar-refractivity contribution in [2.24, 2.45) is 7.05 Å². The van der Waals surface area contributed by atoms with Gasteiger partial charge in [-0.2, -0.15) is 0 Å². The molecule has 0 saturated heterocycles. The fourth-order valence-electron chi connectivity index (χ4n) is 0.964. The molecule has 5 nitrogen and oxygen atoms in total. The van der Waals surface area contributed by atoms with Crippen molar-refractivity contribution in [3.63, 3.8) is 0 Å². The van der Waals surface area contributed by atoms with Crippen LogP contribution in [0, 0.1) is 0 Å². The van der Waals surface area contributed by atoms with E-state index in [9.17, 15) is 0 Å². The van der Waals surface area contributed by atoms with Gasteiger partial charge in [-0.05, 0) is 0 Å². The van der Waals surface area contributed by atoms with E-state index in [2.05, 4.69) is 15.0 Å². The number of nitrogen functional groups attached to an aromatic ring is 1. The molecule has 2 N–H and O–H groups in total. The van der Waals surface area contributed by atoms with Gasteiger partial charge in [-0.15, -0.1) is 0 Å². The van der Waals surface area contributed by atoms with Crippen molar-refractivity contribution in [2.75, 3.05) is 5.73 Å². The third-order valence-electron chi connectivity index (χ3n) is 1.53. The number of imidazole rings is 1. The molecule has 65 valence electrons. The number of nitrogens with zero attached hydrogens (tertiary/aromatic N) is 4. The van der Waals surface area contributed by atoms with Crippen LogP contribution in [0.25, 0.3) is 11.2 Å². The SMILES string of the molecule is Cn1cnc2c(N)ncnc21.[Co]. The Morgan fingerprint density at radius 2 is 2.08 bits per heavy atom. The molecule has 2 aromatic heterocycles. The zero-order valence-corrected chi connectivity index (χ0v) is 7.40. The summed E-state index contributed by atoms with van der Waals surface area (Å²) in [5.41, 5.74) is 6.97. The topological polar surface area (TPSA) is 69.6 Å². The summed E-state index contributed by atoms with van der Waals surface area (Å²) in [4.78, 5) is 11.9. The number of aryl methyl sites for hydroxylation is 1. The first-order valence-corrected chi connectivity index (χ1v) is 3.16. The van der Waals surface area contributed by atoms with Crippen LogP contribution in [0.5, 0.6) is 0 Å². The molecule has 0 atom stereocenters. The standard InChI is InChI=1S/C6H7N5.Co/c1-11-3-10-4-5(7)8-2-9-6(4)11;/h2-3H,1H3,(H2,7,8,9);. The molecule has 2 rings (SSSR count). The Morgan fingerprint density at radius 1 is 1.33 bits per heavy atom. The molecule has 0 bridgehead atoms. The number of nitrogens with two attached hydrogens (primary N) is 1. The Kier molecular flexibility index (Phi) is 2.29. The van der Waals surface area contributed by atoms with Crippen LogP contribution in [0.3, 0.4) is 0 Å². The summed E-state index contributed by atoms with van der Waals surface area (Å²) in [5, 5.41) is 0. The van der Waals surface area contributed by atoms with Crippen LogP contribution >= 0.6 is 0 Å². The summed E-state index contributed by atoms with van der Waals surface area (Å²) in [6.45, 7) is 0. The Hall–Kier alpha value is -1.14. The van der Waals surface area contributed by atoms with Crippen LogP contribution in [0.1, 0.15) is 0 Å². The van der Waals surface area contributed by atoms with Crippen LogP contribution < -0.4 is 5.73 Å². The van der Waals surface area contributed by atoms with Gasteiger partial charge >= 0.3 is 0 Å². The zero-order chi connectivity index (χ0) is 7.84. The summed E-state index contributed by atoms with van der Waals surface area (Å²) < 4.78 is 1.80. The van der Waals surface area contributed by atoms with Crippen molar-refractivity contribution in [3.8, 4) is 0 Å². The number of aromatic nitrogens is 4. The first kappa shape index (κ1) is 8.95.